The first-order chi connectivity index (χ1) is 8.65. The Morgan fingerprint density at radius 3 is 2.67 bits per heavy atom. The second kappa shape index (κ2) is 5.80. The summed E-state index contributed by atoms with van der Waals surface area (Å²) in [5.41, 5.74) is 8.55. The number of aromatic nitrogens is 2. The van der Waals surface area contributed by atoms with E-state index in [0.29, 0.717) is 0 Å². The van der Waals surface area contributed by atoms with Gasteiger partial charge >= 0.3 is 0 Å². The molecule has 1 unspecified atom stereocenters. The van der Waals surface area contributed by atoms with Crippen LogP contribution in [0.15, 0.2) is 42.7 Å². The van der Waals surface area contributed by atoms with Gasteiger partial charge in [0.25, 0.3) is 0 Å². The average molecular weight is 244 g/mol. The summed E-state index contributed by atoms with van der Waals surface area (Å²) in [6.07, 6.45) is 3.81. The molecular formula is C14H20N4. The second-order valence-corrected chi connectivity index (χ2v) is 4.74. The minimum atomic E-state index is 0.00686. The van der Waals surface area contributed by atoms with Gasteiger partial charge in [0, 0.05) is 37.9 Å². The third-order valence-electron chi connectivity index (χ3n) is 2.96. The van der Waals surface area contributed by atoms with E-state index in [4.69, 9.17) is 5.73 Å². The van der Waals surface area contributed by atoms with Crippen molar-refractivity contribution < 1.29 is 0 Å². The summed E-state index contributed by atoms with van der Waals surface area (Å²) >= 11 is 0. The lowest BCUT2D eigenvalue weighted by Crippen LogP contribution is -2.28. The Labute approximate surface area is 108 Å². The van der Waals surface area contributed by atoms with Gasteiger partial charge in [-0.25, -0.2) is 0 Å². The van der Waals surface area contributed by atoms with Crippen LogP contribution >= 0.6 is 0 Å². The number of rotatable bonds is 5. The van der Waals surface area contributed by atoms with E-state index in [1.165, 1.54) is 5.56 Å². The number of likely N-dealkylation sites (N-methyl/N-ethyl adjacent to an activating group) is 1. The van der Waals surface area contributed by atoms with Gasteiger partial charge in [-0.3, -0.25) is 4.68 Å². The van der Waals surface area contributed by atoms with E-state index >= 15 is 0 Å². The van der Waals surface area contributed by atoms with Gasteiger partial charge in [-0.2, -0.15) is 5.10 Å². The van der Waals surface area contributed by atoms with Crippen molar-refractivity contribution in [3.8, 4) is 0 Å². The van der Waals surface area contributed by atoms with Crippen molar-refractivity contribution in [3.63, 3.8) is 0 Å². The minimum absolute atomic E-state index is 0.00686. The van der Waals surface area contributed by atoms with E-state index in [0.717, 1.165) is 18.7 Å². The average Bonchev–Trinajstić information content (AvgIpc) is 2.77. The van der Waals surface area contributed by atoms with Gasteiger partial charge in [-0.15, -0.1) is 0 Å². The van der Waals surface area contributed by atoms with Crippen molar-refractivity contribution in [1.82, 2.24) is 14.7 Å². The van der Waals surface area contributed by atoms with Crippen molar-refractivity contribution in [2.75, 3.05) is 13.6 Å². The van der Waals surface area contributed by atoms with Crippen LogP contribution in [-0.4, -0.2) is 28.3 Å². The number of nitrogens with zero attached hydrogens (tertiary/aromatic N) is 3. The molecule has 0 fully saturated rings. The van der Waals surface area contributed by atoms with Gasteiger partial charge in [-0.05, 0) is 12.6 Å². The van der Waals surface area contributed by atoms with E-state index in [9.17, 15) is 0 Å². The van der Waals surface area contributed by atoms with Crippen LogP contribution in [0.3, 0.4) is 0 Å². The maximum Gasteiger partial charge on any atom is 0.0537 e. The quantitative estimate of drug-likeness (QED) is 0.868. The lowest BCUT2D eigenvalue weighted by Gasteiger charge is -2.20. The lowest BCUT2D eigenvalue weighted by molar-refractivity contribution is 0.305. The van der Waals surface area contributed by atoms with Crippen LogP contribution < -0.4 is 5.73 Å². The van der Waals surface area contributed by atoms with Gasteiger partial charge in [-0.1, -0.05) is 30.3 Å². The first-order valence-corrected chi connectivity index (χ1v) is 6.12. The molecule has 2 N–H and O–H groups in total. The Bertz CT molecular complexity index is 478. The SMILES string of the molecule is CN(Cc1ccccc1)CC(N)c1cnn(C)c1. The molecule has 2 aromatic rings. The Kier molecular flexibility index (Phi) is 4.12. The van der Waals surface area contributed by atoms with E-state index < -0.39 is 0 Å². The zero-order valence-corrected chi connectivity index (χ0v) is 11.0. The fourth-order valence-corrected chi connectivity index (χ4v) is 2.03. The van der Waals surface area contributed by atoms with Crippen LogP contribution in [-0.2, 0) is 13.6 Å². The summed E-state index contributed by atoms with van der Waals surface area (Å²) < 4.78 is 1.78. The van der Waals surface area contributed by atoms with Crippen LogP contribution in [0.1, 0.15) is 17.2 Å². The molecular weight excluding hydrogens is 224 g/mol. The zero-order valence-electron chi connectivity index (χ0n) is 11.0. The van der Waals surface area contributed by atoms with Crippen molar-refractivity contribution >= 4 is 0 Å². The molecule has 1 aromatic carbocycles. The molecule has 0 aliphatic rings. The molecule has 0 aliphatic carbocycles. The Hall–Kier alpha value is -1.65. The highest BCUT2D eigenvalue weighted by atomic mass is 15.2. The Morgan fingerprint density at radius 1 is 1.33 bits per heavy atom. The molecule has 18 heavy (non-hydrogen) atoms. The van der Waals surface area contributed by atoms with E-state index in [1.807, 2.05) is 25.5 Å². The van der Waals surface area contributed by atoms with Crippen LogP contribution in [0, 0.1) is 0 Å². The smallest absolute Gasteiger partial charge is 0.0537 e. The van der Waals surface area contributed by atoms with E-state index in [1.54, 1.807) is 4.68 Å². The number of aryl methyl sites for hydroxylation is 1. The number of hydrogen-bond acceptors (Lipinski definition) is 3. The summed E-state index contributed by atoms with van der Waals surface area (Å²) in [7, 11) is 3.99. The maximum absolute atomic E-state index is 6.17. The highest BCUT2D eigenvalue weighted by molar-refractivity contribution is 5.15. The molecule has 0 radical (unpaired) electrons. The van der Waals surface area contributed by atoms with Crippen molar-refractivity contribution in [1.29, 1.82) is 0 Å². The summed E-state index contributed by atoms with van der Waals surface area (Å²) in [6, 6.07) is 10.4. The van der Waals surface area contributed by atoms with E-state index in [-0.39, 0.29) is 6.04 Å². The molecule has 0 aliphatic heterocycles. The fraction of sp³-hybridized carbons (Fsp3) is 0.357. The predicted molar refractivity (Wildman–Crippen MR) is 72.9 cm³/mol. The van der Waals surface area contributed by atoms with Gasteiger partial charge in [0.2, 0.25) is 0 Å². The Morgan fingerprint density at radius 2 is 2.06 bits per heavy atom. The fourth-order valence-electron chi connectivity index (χ4n) is 2.03. The molecule has 1 heterocycles. The van der Waals surface area contributed by atoms with Crippen LogP contribution in [0.25, 0.3) is 0 Å². The largest absolute Gasteiger partial charge is 0.323 e. The third-order valence-corrected chi connectivity index (χ3v) is 2.96. The zero-order chi connectivity index (χ0) is 13.0. The monoisotopic (exact) mass is 244 g/mol. The van der Waals surface area contributed by atoms with Crippen molar-refractivity contribution in [2.45, 2.75) is 12.6 Å². The highest BCUT2D eigenvalue weighted by Gasteiger charge is 2.11. The van der Waals surface area contributed by atoms with Gasteiger partial charge in [0.05, 0.1) is 6.20 Å². The molecule has 96 valence electrons. The first-order valence-electron chi connectivity index (χ1n) is 6.12. The summed E-state index contributed by atoms with van der Waals surface area (Å²) in [5, 5.41) is 4.15. The highest BCUT2D eigenvalue weighted by Crippen LogP contribution is 2.11. The Balaban J connectivity index is 1.89. The van der Waals surface area contributed by atoms with Crippen molar-refractivity contribution in [3.05, 3.63) is 53.9 Å². The molecule has 0 bridgehead atoms. The standard InChI is InChI=1S/C14H20N4/c1-17(9-12-6-4-3-5-7-12)11-14(15)13-8-16-18(2)10-13/h3-8,10,14H,9,11,15H2,1-2H3. The minimum Gasteiger partial charge on any atom is -0.323 e. The normalized spacial score (nSPS) is 12.9. The molecule has 4 nitrogen and oxygen atoms in total. The predicted octanol–water partition coefficient (Wildman–Crippen LogP) is 1.55. The molecule has 1 atom stereocenters. The number of benzene rings is 1. The first kappa shape index (κ1) is 12.8. The van der Waals surface area contributed by atoms with Gasteiger partial charge < -0.3 is 10.6 Å². The lowest BCUT2D eigenvalue weighted by atomic mass is 10.1. The second-order valence-electron chi connectivity index (χ2n) is 4.74. The van der Waals surface area contributed by atoms with E-state index in [2.05, 4.69) is 41.3 Å². The van der Waals surface area contributed by atoms with Crippen LogP contribution in [0.2, 0.25) is 0 Å². The molecule has 1 aromatic heterocycles. The molecule has 4 heteroatoms. The van der Waals surface area contributed by atoms with Crippen molar-refractivity contribution in [2.24, 2.45) is 12.8 Å². The van der Waals surface area contributed by atoms with Crippen LogP contribution in [0.5, 0.6) is 0 Å². The molecule has 2 rings (SSSR count). The number of nitrogens with two attached hydrogens (primary N) is 1. The van der Waals surface area contributed by atoms with Gasteiger partial charge in [0.1, 0.15) is 0 Å². The third kappa shape index (κ3) is 3.42. The van der Waals surface area contributed by atoms with Gasteiger partial charge in [0.15, 0.2) is 0 Å². The summed E-state index contributed by atoms with van der Waals surface area (Å²) in [6.45, 7) is 1.73. The maximum atomic E-state index is 6.17. The molecule has 0 amide bonds. The molecule has 0 saturated carbocycles. The number of hydrogen-bond donors (Lipinski definition) is 1. The summed E-state index contributed by atoms with van der Waals surface area (Å²) in [4.78, 5) is 2.23. The topological polar surface area (TPSA) is 47.1 Å². The molecule has 0 saturated heterocycles. The summed E-state index contributed by atoms with van der Waals surface area (Å²) in [5.74, 6) is 0. The molecule has 0 spiro atoms. The van der Waals surface area contributed by atoms with Crippen LogP contribution in [0.4, 0.5) is 0 Å².